The molecule has 0 radical (unpaired) electrons. The fourth-order valence-electron chi connectivity index (χ4n) is 1.45. The van der Waals surface area contributed by atoms with Crippen LogP contribution >= 0.6 is 0 Å². The summed E-state index contributed by atoms with van der Waals surface area (Å²) in [7, 11) is 0. The third kappa shape index (κ3) is 8.05. The van der Waals surface area contributed by atoms with E-state index in [-0.39, 0.29) is 6.42 Å². The molecular weight excluding hydrogens is 326 g/mol. The van der Waals surface area contributed by atoms with Gasteiger partial charge in [-0.2, -0.15) is 0 Å². The second kappa shape index (κ2) is 10.1. The lowest BCUT2D eigenvalue weighted by Crippen LogP contribution is -2.53. The van der Waals surface area contributed by atoms with E-state index < -0.39 is 60.9 Å². The minimum Gasteiger partial charge on any atom is -0.480 e. The second-order valence-corrected chi connectivity index (χ2v) is 4.87. The summed E-state index contributed by atoms with van der Waals surface area (Å²) in [5.74, 6) is -4.55. The average Bonchev–Trinajstić information content (AvgIpc) is 2.48. The Bertz CT molecular complexity index is 510. The zero-order chi connectivity index (χ0) is 18.9. The first-order valence-electron chi connectivity index (χ1n) is 6.83. The summed E-state index contributed by atoms with van der Waals surface area (Å²) in [5.41, 5.74) is 10.3. The number of aliphatic hydroxyl groups is 1. The molecule has 3 unspecified atom stereocenters. The van der Waals surface area contributed by atoms with E-state index in [2.05, 4.69) is 10.6 Å². The van der Waals surface area contributed by atoms with E-state index in [0.717, 1.165) is 0 Å². The maximum atomic E-state index is 11.7. The highest BCUT2D eigenvalue weighted by atomic mass is 16.4. The van der Waals surface area contributed by atoms with Crippen LogP contribution in [0.15, 0.2) is 0 Å². The molecule has 0 aliphatic carbocycles. The number of aliphatic hydroxyl groups excluding tert-OH is 1. The summed E-state index contributed by atoms with van der Waals surface area (Å²) in [4.78, 5) is 56.0. The summed E-state index contributed by atoms with van der Waals surface area (Å²) in [6.07, 6.45) is -0.389. The number of nitrogens with one attached hydrogen (secondary N) is 3. The van der Waals surface area contributed by atoms with Crippen molar-refractivity contribution < 1.29 is 34.2 Å². The molecule has 0 aromatic carbocycles. The van der Waals surface area contributed by atoms with Crippen molar-refractivity contribution in [3.05, 3.63) is 0 Å². The maximum Gasteiger partial charge on any atom is 0.328 e. The lowest BCUT2D eigenvalue weighted by molar-refractivity contribution is -0.142. The lowest BCUT2D eigenvalue weighted by Gasteiger charge is -2.17. The molecule has 0 spiro atoms. The number of carbonyl (C=O) groups is 5. The minimum atomic E-state index is -1.49. The van der Waals surface area contributed by atoms with Gasteiger partial charge in [-0.25, -0.2) is 4.79 Å². The van der Waals surface area contributed by atoms with Crippen molar-refractivity contribution in [1.82, 2.24) is 16.0 Å². The first kappa shape index (κ1) is 21.3. The molecule has 4 amide bonds. The molecule has 0 aromatic heterocycles. The van der Waals surface area contributed by atoms with E-state index in [1.165, 1.54) is 6.92 Å². The van der Waals surface area contributed by atoms with Crippen molar-refractivity contribution in [3.8, 4) is 0 Å². The van der Waals surface area contributed by atoms with Gasteiger partial charge in [0.15, 0.2) is 0 Å². The molecule has 0 aliphatic heterocycles. The van der Waals surface area contributed by atoms with Crippen LogP contribution in [0.3, 0.4) is 0 Å². The Balaban J connectivity index is 4.31. The Hall–Kier alpha value is -2.73. The van der Waals surface area contributed by atoms with Crippen LogP contribution in [0.4, 0.5) is 0 Å². The number of carbonyl (C=O) groups excluding carboxylic acids is 4. The van der Waals surface area contributed by atoms with Crippen LogP contribution in [0.5, 0.6) is 0 Å². The molecule has 3 atom stereocenters. The monoisotopic (exact) mass is 347 g/mol. The number of amides is 4. The highest BCUT2D eigenvalue weighted by Gasteiger charge is 2.22. The van der Waals surface area contributed by atoms with Crippen molar-refractivity contribution in [3.63, 3.8) is 0 Å². The van der Waals surface area contributed by atoms with Gasteiger partial charge in [0.1, 0.15) is 12.1 Å². The molecule has 0 saturated carbocycles. The molecule has 9 N–H and O–H groups in total. The van der Waals surface area contributed by atoms with E-state index in [1.807, 2.05) is 5.32 Å². The highest BCUT2D eigenvalue weighted by Crippen LogP contribution is 1.90. The fourth-order valence-corrected chi connectivity index (χ4v) is 1.45. The number of carboxylic acids is 1. The number of carboxylic acid groups (broad SMARTS) is 1. The van der Waals surface area contributed by atoms with Gasteiger partial charge in [0.2, 0.25) is 23.6 Å². The molecule has 24 heavy (non-hydrogen) atoms. The quantitative estimate of drug-likeness (QED) is 0.203. The molecule has 0 bridgehead atoms. The van der Waals surface area contributed by atoms with Crippen LogP contribution in [0.25, 0.3) is 0 Å². The van der Waals surface area contributed by atoms with Gasteiger partial charge in [-0.15, -0.1) is 0 Å². The van der Waals surface area contributed by atoms with Crippen molar-refractivity contribution in [2.45, 2.75) is 31.5 Å². The SMILES string of the molecule is CC(NC(=O)C(N)CC(N)=O)C(=O)NCC(=O)NC(CO)C(=O)O. The Morgan fingerprint density at radius 2 is 1.67 bits per heavy atom. The van der Waals surface area contributed by atoms with Gasteiger partial charge in [0.05, 0.1) is 25.6 Å². The number of nitrogens with two attached hydrogens (primary N) is 2. The van der Waals surface area contributed by atoms with E-state index >= 15 is 0 Å². The Morgan fingerprint density at radius 3 is 2.12 bits per heavy atom. The van der Waals surface area contributed by atoms with Crippen LogP contribution in [0.2, 0.25) is 0 Å². The van der Waals surface area contributed by atoms with E-state index in [0.29, 0.717) is 0 Å². The molecule has 0 aromatic rings. The van der Waals surface area contributed by atoms with Gasteiger partial charge >= 0.3 is 5.97 Å². The summed E-state index contributed by atoms with van der Waals surface area (Å²) >= 11 is 0. The Kier molecular flexibility index (Phi) is 8.97. The van der Waals surface area contributed by atoms with E-state index in [1.54, 1.807) is 0 Å². The van der Waals surface area contributed by atoms with Gasteiger partial charge in [-0.3, -0.25) is 19.2 Å². The normalized spacial score (nSPS) is 14.0. The standard InChI is InChI=1S/C12H21N5O7/c1-5(16-11(22)6(13)2-8(14)19)10(21)15-3-9(20)17-7(4-18)12(23)24/h5-7,18H,2-4,13H2,1H3,(H2,14,19)(H,15,21)(H,16,22)(H,17,20)(H,23,24). The molecule has 0 fully saturated rings. The average molecular weight is 347 g/mol. The van der Waals surface area contributed by atoms with Gasteiger partial charge in [0.25, 0.3) is 0 Å². The molecule has 0 saturated heterocycles. The predicted molar refractivity (Wildman–Crippen MR) is 79.1 cm³/mol. The summed E-state index contributed by atoms with van der Waals surface area (Å²) in [6, 6.07) is -3.75. The van der Waals surface area contributed by atoms with Crippen molar-refractivity contribution in [2.75, 3.05) is 13.2 Å². The van der Waals surface area contributed by atoms with Crippen molar-refractivity contribution in [1.29, 1.82) is 0 Å². The van der Waals surface area contributed by atoms with Crippen LogP contribution in [0, 0.1) is 0 Å². The van der Waals surface area contributed by atoms with Crippen molar-refractivity contribution in [2.24, 2.45) is 11.5 Å². The summed E-state index contributed by atoms with van der Waals surface area (Å²) < 4.78 is 0. The number of rotatable bonds is 10. The van der Waals surface area contributed by atoms with Gasteiger partial charge < -0.3 is 37.6 Å². The first-order valence-corrected chi connectivity index (χ1v) is 6.83. The molecule has 0 aliphatic rings. The zero-order valence-corrected chi connectivity index (χ0v) is 12.9. The molecule has 0 heterocycles. The Labute approximate surface area is 136 Å². The zero-order valence-electron chi connectivity index (χ0n) is 12.9. The van der Waals surface area contributed by atoms with Gasteiger partial charge in [0, 0.05) is 0 Å². The number of primary amides is 1. The summed E-state index contributed by atoms with van der Waals surface area (Å²) in [5, 5.41) is 23.8. The third-order valence-corrected chi connectivity index (χ3v) is 2.75. The van der Waals surface area contributed by atoms with Gasteiger partial charge in [-0.05, 0) is 6.92 Å². The minimum absolute atomic E-state index is 0.389. The largest absolute Gasteiger partial charge is 0.480 e. The second-order valence-electron chi connectivity index (χ2n) is 4.87. The van der Waals surface area contributed by atoms with Crippen LogP contribution in [-0.4, -0.2) is 71.1 Å². The third-order valence-electron chi connectivity index (χ3n) is 2.75. The predicted octanol–water partition coefficient (Wildman–Crippen LogP) is -4.63. The van der Waals surface area contributed by atoms with Crippen molar-refractivity contribution >= 4 is 29.6 Å². The molecule has 0 rings (SSSR count). The number of aliphatic carboxylic acids is 1. The molecular formula is C12H21N5O7. The molecule has 136 valence electrons. The maximum absolute atomic E-state index is 11.7. The topological polar surface area (TPSA) is 214 Å². The highest BCUT2D eigenvalue weighted by molar-refractivity contribution is 5.93. The fraction of sp³-hybridized carbons (Fsp3) is 0.583. The smallest absolute Gasteiger partial charge is 0.328 e. The molecule has 12 nitrogen and oxygen atoms in total. The van der Waals surface area contributed by atoms with Crippen LogP contribution in [-0.2, 0) is 24.0 Å². The van der Waals surface area contributed by atoms with Crippen LogP contribution in [0.1, 0.15) is 13.3 Å². The first-order chi connectivity index (χ1) is 11.1. The number of hydrogen-bond donors (Lipinski definition) is 7. The van der Waals surface area contributed by atoms with Crippen LogP contribution < -0.4 is 27.4 Å². The summed E-state index contributed by atoms with van der Waals surface area (Å²) in [6.45, 7) is -0.0503. The molecule has 12 heteroatoms. The number of hydrogen-bond acceptors (Lipinski definition) is 7. The van der Waals surface area contributed by atoms with E-state index in [9.17, 15) is 24.0 Å². The van der Waals surface area contributed by atoms with Gasteiger partial charge in [-0.1, -0.05) is 0 Å². The van der Waals surface area contributed by atoms with E-state index in [4.69, 9.17) is 21.7 Å². The lowest BCUT2D eigenvalue weighted by atomic mass is 10.2. The Morgan fingerprint density at radius 1 is 1.08 bits per heavy atom.